The van der Waals surface area contributed by atoms with Crippen molar-refractivity contribution in [3.63, 3.8) is 0 Å². The van der Waals surface area contributed by atoms with Crippen LogP contribution in [0, 0.1) is 17.3 Å². The molecule has 1 heterocycles. The molecule has 0 spiro atoms. The Labute approximate surface area is 118 Å². The van der Waals surface area contributed by atoms with E-state index in [0.717, 1.165) is 0 Å². The van der Waals surface area contributed by atoms with Crippen LogP contribution < -0.4 is 10.9 Å². The molecule has 1 aromatic rings. The van der Waals surface area contributed by atoms with Crippen molar-refractivity contribution in [2.75, 3.05) is 0 Å². The lowest BCUT2D eigenvalue weighted by molar-refractivity contribution is -0.123. The Morgan fingerprint density at radius 3 is 2.55 bits per heavy atom. The first-order valence-electron chi connectivity index (χ1n) is 6.72. The predicted molar refractivity (Wildman–Crippen MR) is 76.6 cm³/mol. The summed E-state index contributed by atoms with van der Waals surface area (Å²) < 4.78 is 0. The lowest BCUT2D eigenvalue weighted by atomic mass is 10.1. The standard InChI is InChI=1S/C15H21N3O2/c1-9(2)8-10-12(15(10,3)4)14(20)18-17-13(19)11-6-5-7-16-11/h5-8,10,12,16H,1-4H3,(H,17,19)(H,18,20). The van der Waals surface area contributed by atoms with Gasteiger partial charge in [0.25, 0.3) is 5.91 Å². The molecule has 20 heavy (non-hydrogen) atoms. The van der Waals surface area contributed by atoms with E-state index in [-0.39, 0.29) is 29.1 Å². The number of carbonyl (C=O) groups is 2. The highest BCUT2D eigenvalue weighted by Crippen LogP contribution is 2.59. The molecule has 5 nitrogen and oxygen atoms in total. The molecule has 1 fully saturated rings. The summed E-state index contributed by atoms with van der Waals surface area (Å²) in [6, 6.07) is 3.38. The van der Waals surface area contributed by atoms with Gasteiger partial charge >= 0.3 is 0 Å². The Morgan fingerprint density at radius 1 is 1.30 bits per heavy atom. The second-order valence-electron chi connectivity index (χ2n) is 6.10. The summed E-state index contributed by atoms with van der Waals surface area (Å²) in [5, 5.41) is 0. The van der Waals surface area contributed by atoms with Crippen molar-refractivity contribution in [3.05, 3.63) is 35.7 Å². The van der Waals surface area contributed by atoms with Gasteiger partial charge in [-0.25, -0.2) is 0 Å². The summed E-state index contributed by atoms with van der Waals surface area (Å²) in [6.45, 7) is 8.18. The van der Waals surface area contributed by atoms with Gasteiger partial charge in [0, 0.05) is 6.20 Å². The first kappa shape index (κ1) is 14.4. The number of hydrogen-bond acceptors (Lipinski definition) is 2. The van der Waals surface area contributed by atoms with Gasteiger partial charge in [-0.15, -0.1) is 0 Å². The number of carbonyl (C=O) groups excluding carboxylic acids is 2. The van der Waals surface area contributed by atoms with Crippen molar-refractivity contribution < 1.29 is 9.59 Å². The first-order chi connectivity index (χ1) is 9.34. The van der Waals surface area contributed by atoms with E-state index in [9.17, 15) is 9.59 Å². The zero-order valence-corrected chi connectivity index (χ0v) is 12.3. The van der Waals surface area contributed by atoms with Crippen molar-refractivity contribution in [3.8, 4) is 0 Å². The van der Waals surface area contributed by atoms with Crippen molar-refractivity contribution in [2.24, 2.45) is 17.3 Å². The lowest BCUT2D eigenvalue weighted by Gasteiger charge is -2.07. The average Bonchev–Trinajstić information content (AvgIpc) is 2.79. The van der Waals surface area contributed by atoms with E-state index < -0.39 is 0 Å². The third kappa shape index (κ3) is 2.76. The molecule has 3 N–H and O–H groups in total. The van der Waals surface area contributed by atoms with Gasteiger partial charge in [-0.3, -0.25) is 20.4 Å². The fourth-order valence-electron chi connectivity index (χ4n) is 2.58. The summed E-state index contributed by atoms with van der Waals surface area (Å²) in [7, 11) is 0. The van der Waals surface area contributed by atoms with Crippen molar-refractivity contribution >= 4 is 11.8 Å². The number of rotatable bonds is 3. The van der Waals surface area contributed by atoms with Crippen LogP contribution in [0.4, 0.5) is 0 Å². The highest BCUT2D eigenvalue weighted by Gasteiger charge is 2.60. The minimum absolute atomic E-state index is 0.0570. The number of allylic oxidation sites excluding steroid dienone is 2. The van der Waals surface area contributed by atoms with Gasteiger partial charge in [0.2, 0.25) is 5.91 Å². The summed E-state index contributed by atoms with van der Waals surface area (Å²) in [5.74, 6) is -0.353. The molecule has 5 heteroatoms. The summed E-state index contributed by atoms with van der Waals surface area (Å²) in [5.41, 5.74) is 6.49. The number of H-pyrrole nitrogens is 1. The van der Waals surface area contributed by atoms with E-state index >= 15 is 0 Å². The van der Waals surface area contributed by atoms with E-state index in [0.29, 0.717) is 5.69 Å². The number of aromatic nitrogens is 1. The third-order valence-electron chi connectivity index (χ3n) is 3.85. The molecule has 2 amide bonds. The van der Waals surface area contributed by atoms with Crippen LogP contribution >= 0.6 is 0 Å². The first-order valence-corrected chi connectivity index (χ1v) is 6.72. The molecule has 2 unspecified atom stereocenters. The summed E-state index contributed by atoms with van der Waals surface area (Å²) in [4.78, 5) is 26.6. The van der Waals surface area contributed by atoms with Gasteiger partial charge in [0.05, 0.1) is 5.92 Å². The SMILES string of the molecule is CC(C)=CC1C(C(=O)NNC(=O)c2ccc[nH]2)C1(C)C. The number of hydrogen-bond donors (Lipinski definition) is 3. The van der Waals surface area contributed by atoms with Crippen LogP contribution in [-0.2, 0) is 4.79 Å². The molecule has 0 saturated heterocycles. The normalized spacial score (nSPS) is 22.8. The van der Waals surface area contributed by atoms with Gasteiger partial charge < -0.3 is 4.98 Å². The molecule has 1 aromatic heterocycles. The van der Waals surface area contributed by atoms with E-state index in [1.807, 2.05) is 13.8 Å². The molecule has 0 aliphatic heterocycles. The van der Waals surface area contributed by atoms with Crippen LogP contribution in [0.2, 0.25) is 0 Å². The highest BCUT2D eigenvalue weighted by molar-refractivity contribution is 5.94. The fraction of sp³-hybridized carbons (Fsp3) is 0.467. The number of aromatic amines is 1. The van der Waals surface area contributed by atoms with Crippen LogP contribution in [0.1, 0.15) is 38.2 Å². The maximum Gasteiger partial charge on any atom is 0.286 e. The van der Waals surface area contributed by atoms with Crippen molar-refractivity contribution in [1.29, 1.82) is 0 Å². The topological polar surface area (TPSA) is 74.0 Å². The zero-order valence-electron chi connectivity index (χ0n) is 12.3. The second-order valence-corrected chi connectivity index (χ2v) is 6.10. The molecule has 2 rings (SSSR count). The predicted octanol–water partition coefficient (Wildman–Crippen LogP) is 2.01. The zero-order chi connectivity index (χ0) is 14.9. The Hall–Kier alpha value is -2.04. The van der Waals surface area contributed by atoms with E-state index in [1.165, 1.54) is 5.57 Å². The molecule has 108 valence electrons. The van der Waals surface area contributed by atoms with Crippen LogP contribution in [0.5, 0.6) is 0 Å². The van der Waals surface area contributed by atoms with Crippen LogP contribution in [0.3, 0.4) is 0 Å². The quantitative estimate of drug-likeness (QED) is 0.583. The maximum absolute atomic E-state index is 12.1. The molecule has 0 aromatic carbocycles. The molecule has 1 aliphatic carbocycles. The van der Waals surface area contributed by atoms with Crippen molar-refractivity contribution in [2.45, 2.75) is 27.7 Å². The largest absolute Gasteiger partial charge is 0.357 e. The van der Waals surface area contributed by atoms with Crippen LogP contribution in [0.25, 0.3) is 0 Å². The summed E-state index contributed by atoms with van der Waals surface area (Å²) in [6.07, 6.45) is 3.78. The van der Waals surface area contributed by atoms with E-state index in [1.54, 1.807) is 18.3 Å². The molecule has 1 aliphatic rings. The van der Waals surface area contributed by atoms with Crippen LogP contribution in [-0.4, -0.2) is 16.8 Å². The number of nitrogens with one attached hydrogen (secondary N) is 3. The molecule has 1 saturated carbocycles. The Balaban J connectivity index is 1.90. The smallest absolute Gasteiger partial charge is 0.286 e. The fourth-order valence-corrected chi connectivity index (χ4v) is 2.58. The molecular formula is C15H21N3O2. The Morgan fingerprint density at radius 2 is 2.00 bits per heavy atom. The maximum atomic E-state index is 12.1. The Bertz CT molecular complexity index is 539. The van der Waals surface area contributed by atoms with Gasteiger partial charge in [-0.1, -0.05) is 25.5 Å². The number of amides is 2. The third-order valence-corrected chi connectivity index (χ3v) is 3.85. The average molecular weight is 275 g/mol. The molecular weight excluding hydrogens is 254 g/mol. The highest BCUT2D eigenvalue weighted by atomic mass is 16.2. The Kier molecular flexibility index (Phi) is 3.70. The van der Waals surface area contributed by atoms with Gasteiger partial charge in [0.1, 0.15) is 5.69 Å². The van der Waals surface area contributed by atoms with Gasteiger partial charge in [-0.05, 0) is 37.3 Å². The molecule has 0 radical (unpaired) electrons. The van der Waals surface area contributed by atoms with Crippen molar-refractivity contribution in [1.82, 2.24) is 15.8 Å². The molecule has 0 bridgehead atoms. The second kappa shape index (κ2) is 5.15. The van der Waals surface area contributed by atoms with E-state index in [4.69, 9.17) is 0 Å². The number of hydrazine groups is 1. The van der Waals surface area contributed by atoms with Gasteiger partial charge in [-0.2, -0.15) is 0 Å². The summed E-state index contributed by atoms with van der Waals surface area (Å²) >= 11 is 0. The van der Waals surface area contributed by atoms with Crippen LogP contribution in [0.15, 0.2) is 30.0 Å². The monoisotopic (exact) mass is 275 g/mol. The minimum atomic E-state index is -0.347. The van der Waals surface area contributed by atoms with E-state index in [2.05, 4.69) is 35.8 Å². The minimum Gasteiger partial charge on any atom is -0.357 e. The lowest BCUT2D eigenvalue weighted by Crippen LogP contribution is -2.43. The van der Waals surface area contributed by atoms with Gasteiger partial charge in [0.15, 0.2) is 0 Å². The molecule has 2 atom stereocenters.